The Kier molecular flexibility index (Phi) is 2.93. The van der Waals surface area contributed by atoms with Gasteiger partial charge >= 0.3 is 0 Å². The first-order valence-corrected chi connectivity index (χ1v) is 3.85. The number of alkyl halides is 2. The monoisotopic (exact) mass is 205 g/mol. The van der Waals surface area contributed by atoms with Crippen molar-refractivity contribution in [3.05, 3.63) is 29.1 Å². The Morgan fingerprint density at radius 3 is 2.62 bits per heavy atom. The Morgan fingerprint density at radius 2 is 2.15 bits per heavy atom. The Balaban J connectivity index is 3.19. The van der Waals surface area contributed by atoms with Crippen LogP contribution in [-0.2, 0) is 0 Å². The number of aryl methyl sites for hydroxylation is 1. The van der Waals surface area contributed by atoms with Gasteiger partial charge in [-0.1, -0.05) is 6.07 Å². The van der Waals surface area contributed by atoms with Crippen LogP contribution in [-0.4, -0.2) is 10.2 Å². The van der Waals surface area contributed by atoms with Crippen molar-refractivity contribution >= 4 is 16.8 Å². The molecule has 0 fully saturated rings. The van der Waals surface area contributed by atoms with Crippen molar-refractivity contribution in [3.8, 4) is 0 Å². The van der Waals surface area contributed by atoms with Gasteiger partial charge in [0.1, 0.15) is 11.4 Å². The van der Waals surface area contributed by atoms with Crippen molar-refractivity contribution in [2.24, 2.45) is 0 Å². The van der Waals surface area contributed by atoms with E-state index in [1.807, 2.05) is 0 Å². The summed E-state index contributed by atoms with van der Waals surface area (Å²) in [6, 6.07) is 2.71. The number of aromatic nitrogens is 1. The summed E-state index contributed by atoms with van der Waals surface area (Å²) in [6.45, 7) is 1.50. The lowest BCUT2D eigenvalue weighted by molar-refractivity contribution is 0.107. The van der Waals surface area contributed by atoms with Crippen molar-refractivity contribution in [2.45, 2.75) is 13.3 Å². The second kappa shape index (κ2) is 3.79. The number of hydrogen-bond acceptors (Lipinski definition) is 2. The molecule has 0 atom stereocenters. The smallest absolute Gasteiger partial charge is 0.274 e. The van der Waals surface area contributed by atoms with Crippen LogP contribution in [0.5, 0.6) is 0 Å². The van der Waals surface area contributed by atoms with Crippen molar-refractivity contribution in [2.75, 3.05) is 0 Å². The molecule has 0 bridgehead atoms. The highest BCUT2D eigenvalue weighted by Gasteiger charge is 2.14. The highest BCUT2D eigenvalue weighted by Crippen LogP contribution is 2.20. The van der Waals surface area contributed by atoms with Gasteiger partial charge in [0.25, 0.3) is 11.7 Å². The van der Waals surface area contributed by atoms with E-state index in [2.05, 4.69) is 4.98 Å². The molecule has 0 N–H and O–H groups in total. The number of carbonyl (C=O) groups is 1. The Morgan fingerprint density at radius 1 is 1.54 bits per heavy atom. The molecule has 70 valence electrons. The largest absolute Gasteiger partial charge is 0.280 e. The summed E-state index contributed by atoms with van der Waals surface area (Å²) >= 11 is 5.09. The fourth-order valence-electron chi connectivity index (χ4n) is 0.875. The molecule has 1 heterocycles. The summed E-state index contributed by atoms with van der Waals surface area (Å²) in [4.78, 5) is 14.0. The Labute approximate surface area is 78.5 Å². The SMILES string of the molecule is Cc1ccc(C(=O)Cl)nc1C(F)F. The van der Waals surface area contributed by atoms with Gasteiger partial charge < -0.3 is 0 Å². The number of nitrogens with zero attached hydrogens (tertiary/aromatic N) is 1. The Hall–Kier alpha value is -1.03. The third kappa shape index (κ3) is 2.21. The first-order chi connectivity index (χ1) is 6.02. The summed E-state index contributed by atoms with van der Waals surface area (Å²) in [7, 11) is 0. The van der Waals surface area contributed by atoms with Crippen LogP contribution in [0.3, 0.4) is 0 Å². The number of hydrogen-bond donors (Lipinski definition) is 0. The van der Waals surface area contributed by atoms with Crippen LogP contribution in [0.2, 0.25) is 0 Å². The zero-order valence-electron chi connectivity index (χ0n) is 6.72. The van der Waals surface area contributed by atoms with Gasteiger partial charge in [-0.2, -0.15) is 0 Å². The molecule has 0 saturated heterocycles. The quantitative estimate of drug-likeness (QED) is 0.695. The summed E-state index contributed by atoms with van der Waals surface area (Å²) in [5.41, 5.74) is -0.203. The van der Waals surface area contributed by atoms with E-state index in [9.17, 15) is 13.6 Å². The number of rotatable bonds is 2. The molecule has 1 aromatic rings. The van der Waals surface area contributed by atoms with Gasteiger partial charge in [0.05, 0.1) is 0 Å². The van der Waals surface area contributed by atoms with Crippen LogP contribution in [0.4, 0.5) is 8.78 Å². The first-order valence-electron chi connectivity index (χ1n) is 3.48. The van der Waals surface area contributed by atoms with E-state index in [0.29, 0.717) is 5.56 Å². The highest BCUT2D eigenvalue weighted by molar-refractivity contribution is 6.67. The zero-order chi connectivity index (χ0) is 10.0. The predicted molar refractivity (Wildman–Crippen MR) is 44.1 cm³/mol. The maximum Gasteiger partial charge on any atom is 0.280 e. The van der Waals surface area contributed by atoms with Crippen molar-refractivity contribution in [1.29, 1.82) is 0 Å². The zero-order valence-corrected chi connectivity index (χ0v) is 7.48. The molecule has 0 aliphatic carbocycles. The van der Waals surface area contributed by atoms with E-state index >= 15 is 0 Å². The lowest BCUT2D eigenvalue weighted by Crippen LogP contribution is -2.01. The topological polar surface area (TPSA) is 30.0 Å². The molecule has 0 spiro atoms. The fourth-order valence-corrected chi connectivity index (χ4v) is 0.980. The summed E-state index contributed by atoms with van der Waals surface area (Å²) < 4.78 is 24.5. The number of carbonyl (C=O) groups excluding carboxylic acids is 1. The van der Waals surface area contributed by atoms with Crippen molar-refractivity contribution in [3.63, 3.8) is 0 Å². The van der Waals surface area contributed by atoms with Gasteiger partial charge in [-0.25, -0.2) is 13.8 Å². The van der Waals surface area contributed by atoms with E-state index in [4.69, 9.17) is 11.6 Å². The molecule has 0 amide bonds. The molecule has 0 unspecified atom stereocenters. The van der Waals surface area contributed by atoms with Crippen molar-refractivity contribution in [1.82, 2.24) is 4.98 Å². The molecule has 1 aromatic heterocycles. The maximum atomic E-state index is 12.3. The van der Waals surface area contributed by atoms with Crippen LogP contribution in [0.1, 0.15) is 28.2 Å². The van der Waals surface area contributed by atoms with Crippen molar-refractivity contribution < 1.29 is 13.6 Å². The van der Waals surface area contributed by atoms with Gasteiger partial charge in [0.15, 0.2) is 0 Å². The standard InChI is InChI=1S/C8H6ClF2NO/c1-4-2-3-5(7(9)13)12-6(4)8(10)11/h2-3,8H,1H3. The van der Waals surface area contributed by atoms with E-state index in [0.717, 1.165) is 0 Å². The normalized spacial score (nSPS) is 10.5. The lowest BCUT2D eigenvalue weighted by Gasteiger charge is -2.03. The average molecular weight is 206 g/mol. The molecule has 2 nitrogen and oxygen atoms in total. The number of halogens is 3. The van der Waals surface area contributed by atoms with Gasteiger partial charge in [-0.3, -0.25) is 4.79 Å². The summed E-state index contributed by atoms with van der Waals surface area (Å²) in [6.07, 6.45) is -2.68. The average Bonchev–Trinajstić information content (AvgIpc) is 2.04. The summed E-state index contributed by atoms with van der Waals surface area (Å²) in [5.74, 6) is 0. The molecule has 0 aliphatic heterocycles. The van der Waals surface area contributed by atoms with Crippen LogP contribution in [0.15, 0.2) is 12.1 Å². The highest BCUT2D eigenvalue weighted by atomic mass is 35.5. The second-order valence-electron chi connectivity index (χ2n) is 2.47. The molecule has 5 heteroatoms. The van der Waals surface area contributed by atoms with Crippen LogP contribution < -0.4 is 0 Å². The molecule has 0 radical (unpaired) electrons. The van der Waals surface area contributed by atoms with E-state index in [1.165, 1.54) is 19.1 Å². The molecule has 1 rings (SSSR count). The third-order valence-corrected chi connectivity index (χ3v) is 1.74. The molecule has 0 saturated carbocycles. The molecule has 0 aliphatic rings. The minimum absolute atomic E-state index is 0.150. The van der Waals surface area contributed by atoms with Crippen LogP contribution in [0, 0.1) is 6.92 Å². The molecular formula is C8H6ClF2NO. The third-order valence-electron chi connectivity index (χ3n) is 1.54. The Bertz CT molecular complexity index is 341. The second-order valence-corrected chi connectivity index (χ2v) is 2.82. The predicted octanol–water partition coefficient (Wildman–Crippen LogP) is 2.71. The van der Waals surface area contributed by atoms with Gasteiger partial charge in [-0.15, -0.1) is 0 Å². The fraction of sp³-hybridized carbons (Fsp3) is 0.250. The first kappa shape index (κ1) is 10.1. The number of pyridine rings is 1. The minimum atomic E-state index is -2.68. The van der Waals surface area contributed by atoms with Crippen LogP contribution in [0.25, 0.3) is 0 Å². The maximum absolute atomic E-state index is 12.3. The van der Waals surface area contributed by atoms with Gasteiger partial charge in [-0.05, 0) is 30.2 Å². The lowest BCUT2D eigenvalue weighted by atomic mass is 10.2. The van der Waals surface area contributed by atoms with E-state index in [1.54, 1.807) is 0 Å². The van der Waals surface area contributed by atoms with Gasteiger partial charge in [0, 0.05) is 0 Å². The van der Waals surface area contributed by atoms with Crippen LogP contribution >= 0.6 is 11.6 Å². The summed E-state index contributed by atoms with van der Waals surface area (Å²) in [5, 5.41) is -0.832. The molecule has 13 heavy (non-hydrogen) atoms. The van der Waals surface area contributed by atoms with Gasteiger partial charge in [0.2, 0.25) is 0 Å². The molecule has 0 aromatic carbocycles. The minimum Gasteiger partial charge on any atom is -0.274 e. The van der Waals surface area contributed by atoms with E-state index in [-0.39, 0.29) is 5.69 Å². The molecular weight excluding hydrogens is 200 g/mol. The van der Waals surface area contributed by atoms with E-state index < -0.39 is 17.4 Å².